The number of pyridine rings is 1. The standard InChI is InChI=1S/C15H24N4S/c1-3-14(15(16)20)19-9-7-18(8-10-19)11-13-6-4-5-12(2)17-13/h4-6,14H,3,7-11H2,1-2H3,(H2,16,20). The van der Waals surface area contributed by atoms with Crippen LogP contribution in [0.2, 0.25) is 0 Å². The Bertz CT molecular complexity index is 455. The van der Waals surface area contributed by atoms with Gasteiger partial charge in [-0.05, 0) is 25.5 Å². The Morgan fingerprint density at radius 3 is 2.60 bits per heavy atom. The van der Waals surface area contributed by atoms with Gasteiger partial charge in [-0.1, -0.05) is 25.2 Å². The van der Waals surface area contributed by atoms with Gasteiger partial charge in [-0.2, -0.15) is 0 Å². The molecule has 0 spiro atoms. The van der Waals surface area contributed by atoms with Gasteiger partial charge in [0.15, 0.2) is 0 Å². The molecule has 5 heteroatoms. The highest BCUT2D eigenvalue weighted by atomic mass is 32.1. The Balaban J connectivity index is 1.86. The molecular formula is C15H24N4S. The van der Waals surface area contributed by atoms with E-state index in [9.17, 15) is 0 Å². The van der Waals surface area contributed by atoms with E-state index in [4.69, 9.17) is 18.0 Å². The third kappa shape index (κ3) is 3.98. The molecule has 1 aliphatic rings. The molecule has 1 fully saturated rings. The minimum absolute atomic E-state index is 0.254. The van der Waals surface area contributed by atoms with Crippen LogP contribution in [0.3, 0.4) is 0 Å². The van der Waals surface area contributed by atoms with Gasteiger partial charge in [-0.25, -0.2) is 0 Å². The first-order valence-electron chi connectivity index (χ1n) is 7.28. The summed E-state index contributed by atoms with van der Waals surface area (Å²) in [6, 6.07) is 6.47. The quantitative estimate of drug-likeness (QED) is 0.835. The summed E-state index contributed by atoms with van der Waals surface area (Å²) in [4.78, 5) is 10.1. The van der Waals surface area contributed by atoms with E-state index < -0.39 is 0 Å². The van der Waals surface area contributed by atoms with Gasteiger partial charge in [0.1, 0.15) is 0 Å². The van der Waals surface area contributed by atoms with Crippen LogP contribution >= 0.6 is 12.2 Å². The van der Waals surface area contributed by atoms with Crippen LogP contribution in [0.1, 0.15) is 24.7 Å². The summed E-state index contributed by atoms with van der Waals surface area (Å²) >= 11 is 5.16. The number of thiocarbonyl (C=S) groups is 1. The van der Waals surface area contributed by atoms with Crippen molar-refractivity contribution in [3.05, 3.63) is 29.6 Å². The molecule has 0 amide bonds. The fraction of sp³-hybridized carbons (Fsp3) is 0.600. The van der Waals surface area contributed by atoms with Crippen molar-refractivity contribution in [1.29, 1.82) is 0 Å². The van der Waals surface area contributed by atoms with E-state index >= 15 is 0 Å². The van der Waals surface area contributed by atoms with E-state index in [2.05, 4.69) is 33.8 Å². The first-order valence-corrected chi connectivity index (χ1v) is 7.69. The Morgan fingerprint density at radius 2 is 2.05 bits per heavy atom. The maximum Gasteiger partial charge on any atom is 0.0901 e. The molecule has 2 N–H and O–H groups in total. The molecule has 4 nitrogen and oxygen atoms in total. The number of piperazine rings is 1. The van der Waals surface area contributed by atoms with Crippen molar-refractivity contribution in [2.75, 3.05) is 26.2 Å². The molecule has 0 saturated carbocycles. The molecule has 0 radical (unpaired) electrons. The van der Waals surface area contributed by atoms with Crippen molar-refractivity contribution in [3.63, 3.8) is 0 Å². The number of aryl methyl sites for hydroxylation is 1. The minimum Gasteiger partial charge on any atom is -0.392 e. The predicted octanol–water partition coefficient (Wildman–Crippen LogP) is 1.57. The molecule has 1 aliphatic heterocycles. The monoisotopic (exact) mass is 292 g/mol. The number of nitrogens with two attached hydrogens (primary N) is 1. The van der Waals surface area contributed by atoms with Crippen molar-refractivity contribution >= 4 is 17.2 Å². The van der Waals surface area contributed by atoms with Gasteiger partial charge in [0, 0.05) is 38.4 Å². The van der Waals surface area contributed by atoms with Crippen LogP contribution in [0.4, 0.5) is 0 Å². The smallest absolute Gasteiger partial charge is 0.0901 e. The van der Waals surface area contributed by atoms with E-state index in [1.54, 1.807) is 0 Å². The fourth-order valence-corrected chi connectivity index (χ4v) is 3.10. The average Bonchev–Trinajstić information content (AvgIpc) is 2.41. The van der Waals surface area contributed by atoms with Crippen molar-refractivity contribution in [2.45, 2.75) is 32.9 Å². The molecule has 0 aromatic carbocycles. The second kappa shape index (κ2) is 7.11. The van der Waals surface area contributed by atoms with Crippen LogP contribution in [-0.4, -0.2) is 52.0 Å². The third-order valence-corrected chi connectivity index (χ3v) is 4.17. The van der Waals surface area contributed by atoms with Crippen molar-refractivity contribution in [3.8, 4) is 0 Å². The summed E-state index contributed by atoms with van der Waals surface area (Å²) in [6.45, 7) is 9.27. The van der Waals surface area contributed by atoms with E-state index in [0.717, 1.165) is 50.5 Å². The zero-order valence-corrected chi connectivity index (χ0v) is 13.2. The molecule has 2 rings (SSSR count). The highest BCUT2D eigenvalue weighted by Crippen LogP contribution is 2.12. The summed E-state index contributed by atoms with van der Waals surface area (Å²) in [5, 5.41) is 0. The Kier molecular flexibility index (Phi) is 5.46. The maximum atomic E-state index is 5.82. The SMILES string of the molecule is CCC(C(N)=S)N1CCN(Cc2cccc(C)n2)CC1. The van der Waals surface area contributed by atoms with Gasteiger partial charge >= 0.3 is 0 Å². The third-order valence-electron chi connectivity index (χ3n) is 3.89. The lowest BCUT2D eigenvalue weighted by atomic mass is 10.1. The number of nitrogens with zero attached hydrogens (tertiary/aromatic N) is 3. The van der Waals surface area contributed by atoms with E-state index in [-0.39, 0.29) is 6.04 Å². The zero-order chi connectivity index (χ0) is 14.5. The molecule has 2 heterocycles. The van der Waals surface area contributed by atoms with Gasteiger partial charge in [0.2, 0.25) is 0 Å². The number of hydrogen-bond acceptors (Lipinski definition) is 4. The number of rotatable bonds is 5. The van der Waals surface area contributed by atoms with Crippen molar-refractivity contribution < 1.29 is 0 Å². The summed E-state index contributed by atoms with van der Waals surface area (Å²) in [7, 11) is 0. The lowest BCUT2D eigenvalue weighted by Crippen LogP contribution is -2.53. The van der Waals surface area contributed by atoms with Crippen LogP contribution in [0.15, 0.2) is 18.2 Å². The van der Waals surface area contributed by atoms with Gasteiger partial charge in [-0.15, -0.1) is 0 Å². The number of hydrogen-bond donors (Lipinski definition) is 1. The van der Waals surface area contributed by atoms with Gasteiger partial charge in [-0.3, -0.25) is 14.8 Å². The first kappa shape index (κ1) is 15.4. The predicted molar refractivity (Wildman–Crippen MR) is 86.7 cm³/mol. The van der Waals surface area contributed by atoms with Crippen LogP contribution in [0.25, 0.3) is 0 Å². The highest BCUT2D eigenvalue weighted by Gasteiger charge is 2.24. The summed E-state index contributed by atoms with van der Waals surface area (Å²) < 4.78 is 0. The normalized spacial score (nSPS) is 18.9. The molecule has 1 atom stereocenters. The van der Waals surface area contributed by atoms with Crippen LogP contribution in [0.5, 0.6) is 0 Å². The van der Waals surface area contributed by atoms with Crippen LogP contribution in [-0.2, 0) is 6.54 Å². The van der Waals surface area contributed by atoms with E-state index in [1.807, 2.05) is 13.0 Å². The summed E-state index contributed by atoms with van der Waals surface area (Å²) in [5.41, 5.74) is 8.06. The molecule has 1 saturated heterocycles. The molecule has 0 aliphatic carbocycles. The molecule has 1 aromatic heterocycles. The lowest BCUT2D eigenvalue weighted by molar-refractivity contribution is 0.111. The Labute approximate surface area is 127 Å². The first-order chi connectivity index (χ1) is 9.60. The second-order valence-electron chi connectivity index (χ2n) is 5.41. The van der Waals surface area contributed by atoms with Gasteiger partial charge < -0.3 is 5.73 Å². The van der Waals surface area contributed by atoms with Gasteiger partial charge in [0.25, 0.3) is 0 Å². The van der Waals surface area contributed by atoms with E-state index in [1.165, 1.54) is 0 Å². The topological polar surface area (TPSA) is 45.4 Å². The molecule has 1 unspecified atom stereocenters. The Morgan fingerprint density at radius 1 is 1.35 bits per heavy atom. The van der Waals surface area contributed by atoms with Crippen molar-refractivity contribution in [1.82, 2.24) is 14.8 Å². The molecular weight excluding hydrogens is 268 g/mol. The fourth-order valence-electron chi connectivity index (χ4n) is 2.79. The largest absolute Gasteiger partial charge is 0.392 e. The molecule has 0 bridgehead atoms. The van der Waals surface area contributed by atoms with Crippen LogP contribution in [0, 0.1) is 6.92 Å². The highest BCUT2D eigenvalue weighted by molar-refractivity contribution is 7.80. The summed E-state index contributed by atoms with van der Waals surface area (Å²) in [6.07, 6.45) is 0.995. The average molecular weight is 292 g/mol. The van der Waals surface area contributed by atoms with Gasteiger partial charge in [0.05, 0.1) is 16.7 Å². The van der Waals surface area contributed by atoms with E-state index in [0.29, 0.717) is 4.99 Å². The maximum absolute atomic E-state index is 5.82. The summed E-state index contributed by atoms with van der Waals surface area (Å²) in [5.74, 6) is 0. The Hall–Kier alpha value is -1.04. The molecule has 110 valence electrons. The molecule has 20 heavy (non-hydrogen) atoms. The van der Waals surface area contributed by atoms with Crippen LogP contribution < -0.4 is 5.73 Å². The zero-order valence-electron chi connectivity index (χ0n) is 12.4. The molecule has 1 aromatic rings. The minimum atomic E-state index is 0.254. The van der Waals surface area contributed by atoms with Crippen molar-refractivity contribution in [2.24, 2.45) is 5.73 Å². The second-order valence-corrected chi connectivity index (χ2v) is 5.88. The lowest BCUT2D eigenvalue weighted by Gasteiger charge is -2.38. The number of aromatic nitrogens is 1.